The third-order valence-electron chi connectivity index (χ3n) is 3.12. The first kappa shape index (κ1) is 13.3. The standard InChI is InChI=1S/C13H15ClN2OS/c1-9-11(14)3-2-4-12(9)15-13(18)16-7-5-10(17)6-8-16/h2-4H,5-8H2,1H3,(H,15,18). The Bertz CT molecular complexity index is 480. The van der Waals surface area contributed by atoms with Gasteiger partial charge in [-0.05, 0) is 36.8 Å². The maximum Gasteiger partial charge on any atom is 0.173 e. The van der Waals surface area contributed by atoms with Crippen LogP contribution in [0.3, 0.4) is 0 Å². The van der Waals surface area contributed by atoms with E-state index in [0.717, 1.165) is 16.3 Å². The zero-order chi connectivity index (χ0) is 13.1. The van der Waals surface area contributed by atoms with Gasteiger partial charge in [0.15, 0.2) is 5.11 Å². The third-order valence-corrected chi connectivity index (χ3v) is 3.89. The molecule has 0 spiro atoms. The smallest absolute Gasteiger partial charge is 0.173 e. The number of anilines is 1. The molecule has 0 aromatic heterocycles. The van der Waals surface area contributed by atoms with E-state index in [-0.39, 0.29) is 0 Å². The van der Waals surface area contributed by atoms with Crippen molar-refractivity contribution < 1.29 is 4.79 Å². The molecular formula is C13H15ClN2OS. The maximum atomic E-state index is 11.2. The molecule has 3 nitrogen and oxygen atoms in total. The average molecular weight is 283 g/mol. The molecule has 0 saturated carbocycles. The summed E-state index contributed by atoms with van der Waals surface area (Å²) in [5.41, 5.74) is 1.90. The van der Waals surface area contributed by atoms with E-state index in [2.05, 4.69) is 5.32 Å². The van der Waals surface area contributed by atoms with Crippen molar-refractivity contribution in [2.75, 3.05) is 18.4 Å². The molecule has 1 aromatic carbocycles. The first-order valence-electron chi connectivity index (χ1n) is 5.90. The van der Waals surface area contributed by atoms with Gasteiger partial charge in [-0.1, -0.05) is 17.7 Å². The van der Waals surface area contributed by atoms with Gasteiger partial charge in [0.2, 0.25) is 0 Å². The van der Waals surface area contributed by atoms with E-state index in [1.807, 2.05) is 30.0 Å². The van der Waals surface area contributed by atoms with Crippen LogP contribution >= 0.6 is 23.8 Å². The van der Waals surface area contributed by atoms with Crippen LogP contribution in [-0.2, 0) is 4.79 Å². The lowest BCUT2D eigenvalue weighted by atomic mass is 10.1. The molecule has 2 rings (SSSR count). The number of ketones is 1. The lowest BCUT2D eigenvalue weighted by Gasteiger charge is -2.29. The van der Waals surface area contributed by atoms with Gasteiger partial charge in [0.25, 0.3) is 0 Å². The second-order valence-corrected chi connectivity index (χ2v) is 5.16. The van der Waals surface area contributed by atoms with Gasteiger partial charge in [0, 0.05) is 36.6 Å². The van der Waals surface area contributed by atoms with Crippen LogP contribution in [0.1, 0.15) is 18.4 Å². The van der Waals surface area contributed by atoms with Crippen molar-refractivity contribution in [1.82, 2.24) is 4.90 Å². The summed E-state index contributed by atoms with van der Waals surface area (Å²) in [6.07, 6.45) is 1.16. The molecular weight excluding hydrogens is 268 g/mol. The predicted octanol–water partition coefficient (Wildman–Crippen LogP) is 3.01. The van der Waals surface area contributed by atoms with Gasteiger partial charge in [0.1, 0.15) is 5.78 Å². The number of hydrogen-bond acceptors (Lipinski definition) is 2. The Morgan fingerprint density at radius 2 is 2.06 bits per heavy atom. The molecule has 1 aliphatic heterocycles. The zero-order valence-electron chi connectivity index (χ0n) is 10.2. The molecule has 1 aliphatic rings. The van der Waals surface area contributed by atoms with Crippen LogP contribution in [0.15, 0.2) is 18.2 Å². The molecule has 0 bridgehead atoms. The molecule has 0 aliphatic carbocycles. The van der Waals surface area contributed by atoms with Gasteiger partial charge in [-0.3, -0.25) is 4.79 Å². The quantitative estimate of drug-likeness (QED) is 0.803. The molecule has 18 heavy (non-hydrogen) atoms. The number of hydrogen-bond donors (Lipinski definition) is 1. The van der Waals surface area contributed by atoms with E-state index in [1.54, 1.807) is 0 Å². The average Bonchev–Trinajstić information content (AvgIpc) is 2.36. The number of rotatable bonds is 1. The van der Waals surface area contributed by atoms with E-state index in [4.69, 9.17) is 23.8 Å². The van der Waals surface area contributed by atoms with E-state index in [1.165, 1.54) is 0 Å². The summed E-state index contributed by atoms with van der Waals surface area (Å²) in [6, 6.07) is 5.69. The number of benzene rings is 1. The van der Waals surface area contributed by atoms with Crippen molar-refractivity contribution >= 4 is 40.4 Å². The lowest BCUT2D eigenvalue weighted by molar-refractivity contribution is -0.120. The Labute approximate surface area is 117 Å². The van der Waals surface area contributed by atoms with Gasteiger partial charge < -0.3 is 10.2 Å². The Morgan fingerprint density at radius 1 is 1.39 bits per heavy atom. The largest absolute Gasteiger partial charge is 0.348 e. The topological polar surface area (TPSA) is 32.3 Å². The number of halogens is 1. The van der Waals surface area contributed by atoms with Crippen LogP contribution in [0, 0.1) is 6.92 Å². The normalized spacial score (nSPS) is 15.7. The minimum absolute atomic E-state index is 0.313. The number of Topliss-reactive ketones (excluding diaryl/α,β-unsaturated/α-hetero) is 1. The van der Waals surface area contributed by atoms with E-state index >= 15 is 0 Å². The summed E-state index contributed by atoms with van der Waals surface area (Å²) in [6.45, 7) is 3.35. The molecule has 0 atom stereocenters. The molecule has 0 unspecified atom stereocenters. The molecule has 96 valence electrons. The SMILES string of the molecule is Cc1c(Cl)cccc1NC(=S)N1CCC(=O)CC1. The first-order valence-corrected chi connectivity index (χ1v) is 6.69. The van der Waals surface area contributed by atoms with Crippen LogP contribution in [0.5, 0.6) is 0 Å². The Kier molecular flexibility index (Phi) is 4.19. The van der Waals surface area contributed by atoms with E-state index in [0.29, 0.717) is 36.8 Å². The molecule has 1 fully saturated rings. The fourth-order valence-electron chi connectivity index (χ4n) is 1.90. The number of carbonyl (C=O) groups is 1. The number of likely N-dealkylation sites (tertiary alicyclic amines) is 1. The van der Waals surface area contributed by atoms with Crippen LogP contribution < -0.4 is 5.32 Å². The minimum atomic E-state index is 0.313. The fourth-order valence-corrected chi connectivity index (χ4v) is 2.36. The molecule has 5 heteroatoms. The van der Waals surface area contributed by atoms with Crippen LogP contribution in [0.2, 0.25) is 5.02 Å². The second-order valence-electron chi connectivity index (χ2n) is 4.37. The van der Waals surface area contributed by atoms with Crippen LogP contribution in [0.25, 0.3) is 0 Å². The molecule has 0 radical (unpaired) electrons. The third kappa shape index (κ3) is 3.00. The molecule has 1 aromatic rings. The zero-order valence-corrected chi connectivity index (χ0v) is 11.8. The molecule has 1 heterocycles. The summed E-state index contributed by atoms with van der Waals surface area (Å²) in [4.78, 5) is 13.2. The number of piperidine rings is 1. The highest BCUT2D eigenvalue weighted by molar-refractivity contribution is 7.80. The maximum absolute atomic E-state index is 11.2. The van der Waals surface area contributed by atoms with Crippen molar-refractivity contribution in [3.63, 3.8) is 0 Å². The van der Waals surface area contributed by atoms with Gasteiger partial charge in [-0.2, -0.15) is 0 Å². The van der Waals surface area contributed by atoms with Gasteiger partial charge >= 0.3 is 0 Å². The van der Waals surface area contributed by atoms with Crippen molar-refractivity contribution in [3.8, 4) is 0 Å². The summed E-state index contributed by atoms with van der Waals surface area (Å²) in [5.74, 6) is 0.313. The fraction of sp³-hybridized carbons (Fsp3) is 0.385. The van der Waals surface area contributed by atoms with Crippen molar-refractivity contribution in [1.29, 1.82) is 0 Å². The first-order chi connectivity index (χ1) is 8.58. The van der Waals surface area contributed by atoms with Gasteiger partial charge in [-0.25, -0.2) is 0 Å². The summed E-state index contributed by atoms with van der Waals surface area (Å²) in [5, 5.41) is 4.58. The molecule has 1 saturated heterocycles. The Balaban J connectivity index is 2.03. The summed E-state index contributed by atoms with van der Waals surface area (Å²) < 4.78 is 0. The molecule has 0 amide bonds. The van der Waals surface area contributed by atoms with Crippen LogP contribution in [-0.4, -0.2) is 28.9 Å². The number of nitrogens with zero attached hydrogens (tertiary/aromatic N) is 1. The van der Waals surface area contributed by atoms with Crippen molar-refractivity contribution in [2.45, 2.75) is 19.8 Å². The molecule has 1 N–H and O–H groups in total. The number of nitrogens with one attached hydrogen (secondary N) is 1. The minimum Gasteiger partial charge on any atom is -0.348 e. The second kappa shape index (κ2) is 5.67. The van der Waals surface area contributed by atoms with E-state index < -0.39 is 0 Å². The van der Waals surface area contributed by atoms with Crippen molar-refractivity contribution in [3.05, 3.63) is 28.8 Å². The van der Waals surface area contributed by atoms with Gasteiger partial charge in [-0.15, -0.1) is 0 Å². The highest BCUT2D eigenvalue weighted by Gasteiger charge is 2.18. The number of thiocarbonyl (C=S) groups is 1. The Morgan fingerprint density at radius 3 is 2.72 bits per heavy atom. The summed E-state index contributed by atoms with van der Waals surface area (Å²) >= 11 is 11.4. The van der Waals surface area contributed by atoms with E-state index in [9.17, 15) is 4.79 Å². The number of carbonyl (C=O) groups excluding carboxylic acids is 1. The predicted molar refractivity (Wildman–Crippen MR) is 78.2 cm³/mol. The van der Waals surface area contributed by atoms with Crippen LogP contribution in [0.4, 0.5) is 5.69 Å². The highest BCUT2D eigenvalue weighted by Crippen LogP contribution is 2.23. The monoisotopic (exact) mass is 282 g/mol. The Hall–Kier alpha value is -1.13. The highest BCUT2D eigenvalue weighted by atomic mass is 35.5. The van der Waals surface area contributed by atoms with Crippen molar-refractivity contribution in [2.24, 2.45) is 0 Å². The lowest BCUT2D eigenvalue weighted by Crippen LogP contribution is -2.41. The van der Waals surface area contributed by atoms with Gasteiger partial charge in [0.05, 0.1) is 0 Å². The summed E-state index contributed by atoms with van der Waals surface area (Å²) in [7, 11) is 0.